The summed E-state index contributed by atoms with van der Waals surface area (Å²) >= 11 is 0. The first-order valence-electron chi connectivity index (χ1n) is 10.6. The van der Waals surface area contributed by atoms with Gasteiger partial charge in [0, 0.05) is 17.8 Å². The maximum atomic E-state index is 13.0. The van der Waals surface area contributed by atoms with E-state index >= 15 is 0 Å². The van der Waals surface area contributed by atoms with Crippen molar-refractivity contribution in [3.05, 3.63) is 95.1 Å². The zero-order valence-corrected chi connectivity index (χ0v) is 18.9. The van der Waals surface area contributed by atoms with Crippen LogP contribution < -0.4 is 14.8 Å². The van der Waals surface area contributed by atoms with Crippen LogP contribution in [0.3, 0.4) is 0 Å². The zero-order chi connectivity index (χ0) is 25.0. The number of methoxy groups -OCH3 is 1. The fourth-order valence-corrected chi connectivity index (χ4v) is 3.35. The van der Waals surface area contributed by atoms with Crippen molar-refractivity contribution in [1.29, 1.82) is 0 Å². The maximum Gasteiger partial charge on any atom is 0.416 e. The number of hydrogen-bond acceptors (Lipinski definition) is 5. The van der Waals surface area contributed by atoms with E-state index in [2.05, 4.69) is 10.4 Å². The van der Waals surface area contributed by atoms with Gasteiger partial charge in [-0.1, -0.05) is 18.2 Å². The molecule has 0 radical (unpaired) electrons. The minimum absolute atomic E-state index is 0.0688. The molecular weight excluding hydrogens is 463 g/mol. The van der Waals surface area contributed by atoms with Gasteiger partial charge in [-0.3, -0.25) is 9.48 Å². The summed E-state index contributed by atoms with van der Waals surface area (Å²) in [5, 5.41) is 6.93. The third-order valence-corrected chi connectivity index (χ3v) is 5.12. The Morgan fingerprint density at radius 3 is 2.60 bits per heavy atom. The number of rotatable bonds is 8. The van der Waals surface area contributed by atoms with Gasteiger partial charge >= 0.3 is 6.18 Å². The second kappa shape index (κ2) is 9.96. The van der Waals surface area contributed by atoms with Crippen molar-refractivity contribution in [2.24, 2.45) is 0 Å². The molecule has 182 valence electrons. The van der Waals surface area contributed by atoms with Crippen LogP contribution in [0.5, 0.6) is 11.5 Å². The van der Waals surface area contributed by atoms with Crippen LogP contribution in [0.2, 0.25) is 0 Å². The Labute approximate surface area is 199 Å². The molecule has 0 atom stereocenters. The predicted molar refractivity (Wildman–Crippen MR) is 121 cm³/mol. The first-order chi connectivity index (χ1) is 16.7. The van der Waals surface area contributed by atoms with Gasteiger partial charge in [-0.15, -0.1) is 0 Å². The van der Waals surface area contributed by atoms with Crippen molar-refractivity contribution in [2.75, 3.05) is 12.4 Å². The van der Waals surface area contributed by atoms with E-state index < -0.39 is 17.6 Å². The van der Waals surface area contributed by atoms with Gasteiger partial charge in [-0.25, -0.2) is 0 Å². The summed E-state index contributed by atoms with van der Waals surface area (Å²) in [5.41, 5.74) is 0.387. The molecule has 0 saturated carbocycles. The predicted octanol–water partition coefficient (Wildman–Crippen LogP) is 5.69. The number of nitrogens with zero attached hydrogens (tertiary/aromatic N) is 2. The lowest BCUT2D eigenvalue weighted by Crippen LogP contribution is -2.12. The summed E-state index contributed by atoms with van der Waals surface area (Å²) in [6, 6.07) is 16.9. The number of carbonyl (C=O) groups is 1. The minimum Gasteiger partial charge on any atom is -0.497 e. The average Bonchev–Trinajstić information content (AvgIpc) is 3.44. The van der Waals surface area contributed by atoms with Crippen molar-refractivity contribution < 1.29 is 31.9 Å². The van der Waals surface area contributed by atoms with Crippen LogP contribution in [0.15, 0.2) is 71.1 Å². The molecule has 0 unspecified atom stereocenters. The number of anilines is 1. The summed E-state index contributed by atoms with van der Waals surface area (Å²) in [6.45, 7) is 1.99. The molecule has 0 aliphatic heterocycles. The van der Waals surface area contributed by atoms with Crippen molar-refractivity contribution in [1.82, 2.24) is 9.78 Å². The molecule has 2 aromatic carbocycles. The van der Waals surface area contributed by atoms with Crippen molar-refractivity contribution in [2.45, 2.75) is 26.3 Å². The van der Waals surface area contributed by atoms with Crippen molar-refractivity contribution in [3.63, 3.8) is 0 Å². The van der Waals surface area contributed by atoms with Gasteiger partial charge in [-0.2, -0.15) is 18.3 Å². The summed E-state index contributed by atoms with van der Waals surface area (Å²) in [5.74, 6) is 1.51. The van der Waals surface area contributed by atoms with Gasteiger partial charge in [0.1, 0.15) is 23.9 Å². The zero-order valence-electron chi connectivity index (χ0n) is 18.9. The second-order valence-corrected chi connectivity index (χ2v) is 7.71. The number of aryl methyl sites for hydroxylation is 1. The molecule has 0 aliphatic carbocycles. The SMILES string of the molecule is COc1cccc(OCc2ccc(C(=O)Nc3cc(C)n(Cc4cccc(C(F)(F)F)c4)n3)o2)c1. The van der Waals surface area contributed by atoms with E-state index in [1.54, 1.807) is 56.5 Å². The third-order valence-electron chi connectivity index (χ3n) is 5.12. The van der Waals surface area contributed by atoms with E-state index in [1.165, 1.54) is 16.8 Å². The average molecular weight is 485 g/mol. The number of aromatic nitrogens is 2. The number of halogens is 3. The molecule has 10 heteroatoms. The molecule has 0 spiro atoms. The second-order valence-electron chi connectivity index (χ2n) is 7.71. The summed E-state index contributed by atoms with van der Waals surface area (Å²) in [4.78, 5) is 12.6. The lowest BCUT2D eigenvalue weighted by atomic mass is 10.1. The summed E-state index contributed by atoms with van der Waals surface area (Å²) < 4.78 is 56.8. The number of benzene rings is 2. The molecule has 4 rings (SSSR count). The molecule has 0 saturated heterocycles. The number of furan rings is 1. The van der Waals surface area contributed by atoms with Gasteiger partial charge < -0.3 is 19.2 Å². The highest BCUT2D eigenvalue weighted by molar-refractivity contribution is 6.01. The molecule has 2 aromatic heterocycles. The van der Waals surface area contributed by atoms with Crippen LogP contribution in [0.25, 0.3) is 0 Å². The molecule has 0 aliphatic rings. The van der Waals surface area contributed by atoms with Crippen LogP contribution in [0.4, 0.5) is 19.0 Å². The van der Waals surface area contributed by atoms with Crippen LogP contribution in [-0.2, 0) is 19.3 Å². The van der Waals surface area contributed by atoms with Gasteiger partial charge in [0.15, 0.2) is 11.6 Å². The van der Waals surface area contributed by atoms with E-state index in [4.69, 9.17) is 13.9 Å². The Balaban J connectivity index is 1.37. The molecule has 1 N–H and O–H groups in total. The Hall–Kier alpha value is -4.21. The number of carbonyl (C=O) groups excluding carboxylic acids is 1. The van der Waals surface area contributed by atoms with Crippen LogP contribution in [0, 0.1) is 6.92 Å². The molecule has 2 heterocycles. The molecule has 0 bridgehead atoms. The fraction of sp³-hybridized carbons (Fsp3) is 0.200. The summed E-state index contributed by atoms with van der Waals surface area (Å²) in [6.07, 6.45) is -4.42. The number of nitrogens with one attached hydrogen (secondary N) is 1. The molecular formula is C25H22F3N3O4. The third kappa shape index (κ3) is 6.03. The van der Waals surface area contributed by atoms with Crippen molar-refractivity contribution >= 4 is 11.7 Å². The highest BCUT2D eigenvalue weighted by atomic mass is 19.4. The highest BCUT2D eigenvalue weighted by Crippen LogP contribution is 2.30. The number of alkyl halides is 3. The quantitative estimate of drug-likeness (QED) is 0.347. The number of ether oxygens (including phenoxy) is 2. The Kier molecular flexibility index (Phi) is 6.81. The monoisotopic (exact) mass is 485 g/mol. The Morgan fingerprint density at radius 2 is 1.83 bits per heavy atom. The maximum absolute atomic E-state index is 13.0. The van der Waals surface area contributed by atoms with E-state index in [0.29, 0.717) is 28.5 Å². The smallest absolute Gasteiger partial charge is 0.416 e. The number of amides is 1. The Morgan fingerprint density at radius 1 is 1.06 bits per heavy atom. The first kappa shape index (κ1) is 23.9. The van der Waals surface area contributed by atoms with Gasteiger partial charge in [-0.05, 0) is 48.9 Å². The molecule has 4 aromatic rings. The van der Waals surface area contributed by atoms with Gasteiger partial charge in [0.25, 0.3) is 5.91 Å². The lowest BCUT2D eigenvalue weighted by Gasteiger charge is -2.09. The van der Waals surface area contributed by atoms with Gasteiger partial charge in [0.05, 0.1) is 19.2 Å². The van der Waals surface area contributed by atoms with Crippen molar-refractivity contribution in [3.8, 4) is 11.5 Å². The molecule has 0 fully saturated rings. The van der Waals surface area contributed by atoms with E-state index in [9.17, 15) is 18.0 Å². The van der Waals surface area contributed by atoms with Gasteiger partial charge in [0.2, 0.25) is 0 Å². The van der Waals surface area contributed by atoms with Crippen LogP contribution >= 0.6 is 0 Å². The molecule has 35 heavy (non-hydrogen) atoms. The topological polar surface area (TPSA) is 78.5 Å². The van der Waals surface area contributed by atoms with E-state index in [1.807, 2.05) is 0 Å². The highest BCUT2D eigenvalue weighted by Gasteiger charge is 2.30. The summed E-state index contributed by atoms with van der Waals surface area (Å²) in [7, 11) is 1.56. The lowest BCUT2D eigenvalue weighted by molar-refractivity contribution is -0.137. The first-order valence-corrected chi connectivity index (χ1v) is 10.6. The fourth-order valence-electron chi connectivity index (χ4n) is 3.35. The largest absolute Gasteiger partial charge is 0.497 e. The standard InChI is InChI=1S/C25H22F3N3O4/c1-16-11-23(30-31(16)14-17-5-3-6-18(12-17)25(26,27)28)29-24(32)22-10-9-21(35-22)15-34-20-8-4-7-19(13-20)33-2/h3-13H,14-15H2,1-2H3,(H,29,30,32). The van der Waals surface area contributed by atoms with E-state index in [0.717, 1.165) is 12.1 Å². The Bertz CT molecular complexity index is 1330. The number of hydrogen-bond donors (Lipinski definition) is 1. The van der Waals surface area contributed by atoms with Crippen LogP contribution in [0.1, 0.15) is 33.1 Å². The molecule has 1 amide bonds. The normalized spacial score (nSPS) is 11.3. The van der Waals surface area contributed by atoms with E-state index in [-0.39, 0.29) is 24.7 Å². The molecule has 7 nitrogen and oxygen atoms in total. The minimum atomic E-state index is -4.42. The van der Waals surface area contributed by atoms with Crippen LogP contribution in [-0.4, -0.2) is 22.8 Å².